The summed E-state index contributed by atoms with van der Waals surface area (Å²) in [5, 5.41) is 0. The topological polar surface area (TPSA) is 60.8 Å². The predicted molar refractivity (Wildman–Crippen MR) is 102 cm³/mol. The lowest BCUT2D eigenvalue weighted by molar-refractivity contribution is -0.0528. The van der Waals surface area contributed by atoms with Gasteiger partial charge in [0.05, 0.1) is 17.6 Å². The second kappa shape index (κ2) is 6.49. The SMILES string of the molecule is O=C1c2c(OCc3ccccc3)c(=O)c(Br)cn2CC2OCC3CC(C3)N12. The van der Waals surface area contributed by atoms with Crippen LogP contribution in [0, 0.1) is 5.92 Å². The van der Waals surface area contributed by atoms with Crippen molar-refractivity contribution in [3.8, 4) is 5.75 Å². The minimum atomic E-state index is -0.300. The van der Waals surface area contributed by atoms with Crippen LogP contribution in [0.1, 0.15) is 28.9 Å². The average molecular weight is 431 g/mol. The molecule has 1 aliphatic carbocycles. The number of rotatable bonds is 3. The molecule has 1 atom stereocenters. The van der Waals surface area contributed by atoms with Crippen LogP contribution in [0.4, 0.5) is 0 Å². The van der Waals surface area contributed by atoms with Gasteiger partial charge in [-0.1, -0.05) is 30.3 Å². The van der Waals surface area contributed by atoms with Crippen molar-refractivity contribution in [1.29, 1.82) is 0 Å². The summed E-state index contributed by atoms with van der Waals surface area (Å²) in [6, 6.07) is 9.81. The molecule has 4 heterocycles. The van der Waals surface area contributed by atoms with Crippen molar-refractivity contribution in [3.63, 3.8) is 0 Å². The molecule has 2 bridgehead atoms. The standard InChI is InChI=1S/C20H19BrN2O4/c21-15-8-22-9-16-23(14-6-13(7-14)11-26-16)20(25)17(22)19(18(15)24)27-10-12-4-2-1-3-5-12/h1-5,8,13-14,16H,6-7,9-11H2. The van der Waals surface area contributed by atoms with Crippen molar-refractivity contribution < 1.29 is 14.3 Å². The van der Waals surface area contributed by atoms with Crippen molar-refractivity contribution in [2.45, 2.75) is 38.3 Å². The summed E-state index contributed by atoms with van der Waals surface area (Å²) >= 11 is 3.32. The molecule has 2 aromatic rings. The van der Waals surface area contributed by atoms with E-state index in [0.29, 0.717) is 29.2 Å². The predicted octanol–water partition coefficient (Wildman–Crippen LogP) is 2.78. The zero-order valence-electron chi connectivity index (χ0n) is 14.6. The Morgan fingerprint density at radius 3 is 2.74 bits per heavy atom. The Morgan fingerprint density at radius 1 is 1.19 bits per heavy atom. The molecule has 1 aromatic heterocycles. The molecule has 140 valence electrons. The summed E-state index contributed by atoms with van der Waals surface area (Å²) in [4.78, 5) is 27.9. The van der Waals surface area contributed by atoms with Gasteiger partial charge < -0.3 is 18.9 Å². The molecule has 4 aliphatic rings. The Balaban J connectivity index is 1.54. The summed E-state index contributed by atoms with van der Waals surface area (Å²) in [5.41, 5.74) is 0.965. The summed E-state index contributed by atoms with van der Waals surface area (Å²) in [6.07, 6.45) is 3.34. The highest BCUT2D eigenvalue weighted by Gasteiger charge is 2.47. The van der Waals surface area contributed by atoms with Gasteiger partial charge in [0, 0.05) is 12.2 Å². The lowest BCUT2D eigenvalue weighted by atomic mass is 9.80. The fourth-order valence-electron chi connectivity index (χ4n) is 4.19. The van der Waals surface area contributed by atoms with Crippen molar-refractivity contribution >= 4 is 21.8 Å². The van der Waals surface area contributed by atoms with E-state index in [1.807, 2.05) is 35.2 Å². The zero-order valence-corrected chi connectivity index (χ0v) is 16.2. The number of pyridine rings is 1. The maximum atomic E-state index is 13.3. The molecule has 6 rings (SSSR count). The van der Waals surface area contributed by atoms with Crippen LogP contribution in [0.25, 0.3) is 0 Å². The highest BCUT2D eigenvalue weighted by Crippen LogP contribution is 2.40. The second-order valence-electron chi connectivity index (χ2n) is 7.40. The minimum Gasteiger partial charge on any atom is -0.483 e. The molecule has 3 aliphatic heterocycles. The van der Waals surface area contributed by atoms with Crippen LogP contribution in [0.5, 0.6) is 5.75 Å². The van der Waals surface area contributed by atoms with Crippen LogP contribution in [0.2, 0.25) is 0 Å². The molecular weight excluding hydrogens is 412 g/mol. The summed E-state index contributed by atoms with van der Waals surface area (Å²) < 4.78 is 14.0. The number of nitrogens with zero attached hydrogens (tertiary/aromatic N) is 2. The number of amides is 1. The first-order chi connectivity index (χ1) is 13.1. The normalized spacial score (nSPS) is 25.9. The number of benzene rings is 1. The molecular formula is C20H19BrN2O4. The van der Waals surface area contributed by atoms with Gasteiger partial charge in [-0.05, 0) is 40.3 Å². The smallest absolute Gasteiger partial charge is 0.276 e. The molecule has 2 saturated heterocycles. The fraction of sp³-hybridized carbons (Fsp3) is 0.400. The van der Waals surface area contributed by atoms with Gasteiger partial charge in [0.1, 0.15) is 6.61 Å². The van der Waals surface area contributed by atoms with Gasteiger partial charge in [0.25, 0.3) is 5.91 Å². The van der Waals surface area contributed by atoms with Gasteiger partial charge in [-0.15, -0.1) is 0 Å². The molecule has 6 nitrogen and oxygen atoms in total. The third-order valence-electron chi connectivity index (χ3n) is 5.65. The van der Waals surface area contributed by atoms with Crippen LogP contribution in [-0.2, 0) is 17.9 Å². The van der Waals surface area contributed by atoms with Gasteiger partial charge in [0.15, 0.2) is 17.7 Å². The number of carbonyl (C=O) groups excluding carboxylic acids is 1. The Morgan fingerprint density at radius 2 is 1.96 bits per heavy atom. The quantitative estimate of drug-likeness (QED) is 0.750. The highest BCUT2D eigenvalue weighted by atomic mass is 79.9. The molecule has 7 heteroatoms. The van der Waals surface area contributed by atoms with E-state index in [0.717, 1.165) is 18.4 Å². The Bertz CT molecular complexity index is 952. The number of halogens is 1. The summed E-state index contributed by atoms with van der Waals surface area (Å²) in [6.45, 7) is 1.43. The minimum absolute atomic E-state index is 0.108. The molecule has 1 saturated carbocycles. The third kappa shape index (κ3) is 2.80. The number of aromatic nitrogens is 1. The Labute approximate surface area is 164 Å². The number of carbonyl (C=O) groups is 1. The van der Waals surface area contributed by atoms with E-state index in [-0.39, 0.29) is 36.0 Å². The number of hydrogen-bond acceptors (Lipinski definition) is 4. The van der Waals surface area contributed by atoms with E-state index in [1.165, 1.54) is 0 Å². The van der Waals surface area contributed by atoms with E-state index in [2.05, 4.69) is 15.9 Å². The van der Waals surface area contributed by atoms with Crippen molar-refractivity contribution in [2.75, 3.05) is 6.61 Å². The third-order valence-corrected chi connectivity index (χ3v) is 6.21. The number of fused-ring (bicyclic) bond motifs is 2. The number of hydrogen-bond donors (Lipinski definition) is 0. The fourth-order valence-corrected chi connectivity index (χ4v) is 4.62. The first kappa shape index (κ1) is 17.0. The first-order valence-corrected chi connectivity index (χ1v) is 9.95. The van der Waals surface area contributed by atoms with Crippen molar-refractivity contribution in [2.24, 2.45) is 5.92 Å². The van der Waals surface area contributed by atoms with Gasteiger partial charge in [-0.25, -0.2) is 0 Å². The molecule has 0 spiro atoms. The average Bonchev–Trinajstić information content (AvgIpc) is 2.93. The molecule has 3 fully saturated rings. The monoisotopic (exact) mass is 430 g/mol. The largest absolute Gasteiger partial charge is 0.483 e. The van der Waals surface area contributed by atoms with Gasteiger partial charge in [0.2, 0.25) is 5.43 Å². The summed E-state index contributed by atoms with van der Waals surface area (Å²) in [5.74, 6) is 0.471. The maximum absolute atomic E-state index is 13.3. The molecule has 27 heavy (non-hydrogen) atoms. The zero-order chi connectivity index (χ0) is 18.5. The Hall–Kier alpha value is -2.12. The maximum Gasteiger partial charge on any atom is 0.276 e. The second-order valence-corrected chi connectivity index (χ2v) is 8.26. The van der Waals surface area contributed by atoms with Crippen LogP contribution < -0.4 is 10.2 Å². The summed E-state index contributed by atoms with van der Waals surface area (Å²) in [7, 11) is 0. The lowest BCUT2D eigenvalue weighted by Crippen LogP contribution is -2.55. The van der Waals surface area contributed by atoms with Crippen molar-refractivity contribution in [1.82, 2.24) is 9.47 Å². The van der Waals surface area contributed by atoms with Crippen LogP contribution in [0.15, 0.2) is 45.8 Å². The first-order valence-electron chi connectivity index (χ1n) is 9.15. The molecule has 0 radical (unpaired) electrons. The highest BCUT2D eigenvalue weighted by molar-refractivity contribution is 9.10. The van der Waals surface area contributed by atoms with E-state index < -0.39 is 0 Å². The van der Waals surface area contributed by atoms with Gasteiger partial charge >= 0.3 is 0 Å². The number of ether oxygens (including phenoxy) is 2. The van der Waals surface area contributed by atoms with Gasteiger partial charge in [-0.3, -0.25) is 9.59 Å². The van der Waals surface area contributed by atoms with Crippen LogP contribution >= 0.6 is 15.9 Å². The molecule has 1 aromatic carbocycles. The van der Waals surface area contributed by atoms with E-state index in [9.17, 15) is 9.59 Å². The van der Waals surface area contributed by atoms with E-state index >= 15 is 0 Å². The lowest BCUT2D eigenvalue weighted by Gasteiger charge is -2.43. The van der Waals surface area contributed by atoms with Crippen LogP contribution in [0.3, 0.4) is 0 Å². The van der Waals surface area contributed by atoms with E-state index in [4.69, 9.17) is 9.47 Å². The Kier molecular flexibility index (Phi) is 4.09. The van der Waals surface area contributed by atoms with Crippen molar-refractivity contribution in [3.05, 3.63) is 62.5 Å². The van der Waals surface area contributed by atoms with Gasteiger partial charge in [-0.2, -0.15) is 0 Å². The molecule has 1 amide bonds. The molecule has 1 unspecified atom stereocenters. The van der Waals surface area contributed by atoms with Crippen LogP contribution in [-0.4, -0.2) is 34.3 Å². The molecule has 0 N–H and O–H groups in total. The van der Waals surface area contributed by atoms with E-state index in [1.54, 1.807) is 10.8 Å².